The average Bonchev–Trinajstić information content (AvgIpc) is 3.34. The van der Waals surface area contributed by atoms with E-state index in [0.717, 1.165) is 38.5 Å². The van der Waals surface area contributed by atoms with Crippen LogP contribution in [0.4, 0.5) is 0 Å². The lowest BCUT2D eigenvalue weighted by atomic mass is 10.0. The Morgan fingerprint density at radius 1 is 0.353 bits per heavy atom. The summed E-state index contributed by atoms with van der Waals surface area (Å²) in [6.07, 6.45) is 83.0. The van der Waals surface area contributed by atoms with Crippen LogP contribution in [0.25, 0.3) is 0 Å². The second-order valence-electron chi connectivity index (χ2n) is 21.1. The number of allylic oxidation sites excluding steroid dienone is 7. The molecule has 0 fully saturated rings. The predicted octanol–water partition coefficient (Wildman–Crippen LogP) is 20.6. The number of unbranched alkanes of at least 4 members (excludes halogenated alkanes) is 44. The number of hydrogen-bond acceptors (Lipinski definition) is 3. The fourth-order valence-electron chi connectivity index (χ4n) is 9.60. The van der Waals surface area contributed by atoms with Crippen LogP contribution in [0.2, 0.25) is 0 Å². The van der Waals surface area contributed by atoms with Crippen LogP contribution >= 0.6 is 0 Å². The SMILES string of the molecule is CCCCCCC/C=C\C/C=C\C/C=C\CCCCCCCCCCCCCCCCCCCCCCCCCCC(=O)NC(CO)C(O)/C=C/CCCCCCCCCCCCCCCCC. The van der Waals surface area contributed by atoms with Crippen LogP contribution < -0.4 is 5.32 Å². The van der Waals surface area contributed by atoms with Crippen molar-refractivity contribution in [3.05, 3.63) is 48.6 Å². The Kier molecular flexibility index (Phi) is 58.2. The van der Waals surface area contributed by atoms with Gasteiger partial charge in [-0.3, -0.25) is 4.79 Å². The molecule has 3 N–H and O–H groups in total. The molecule has 0 aromatic heterocycles. The highest BCUT2D eigenvalue weighted by Crippen LogP contribution is 2.18. The molecule has 0 aliphatic carbocycles. The van der Waals surface area contributed by atoms with Gasteiger partial charge in [0.1, 0.15) is 0 Å². The summed E-state index contributed by atoms with van der Waals surface area (Å²) in [6.45, 7) is 4.32. The van der Waals surface area contributed by atoms with Crippen molar-refractivity contribution in [3.8, 4) is 0 Å². The van der Waals surface area contributed by atoms with Crippen molar-refractivity contribution < 1.29 is 15.0 Å². The molecule has 0 saturated heterocycles. The van der Waals surface area contributed by atoms with E-state index in [9.17, 15) is 15.0 Å². The standard InChI is InChI=1S/C64H121NO3/c1-3-5-7-9-11-13-15-17-19-21-22-23-24-25-26-27-28-29-30-31-32-33-34-35-36-37-38-39-40-41-42-44-46-48-50-52-54-56-58-60-64(68)65-62(61-66)63(67)59-57-55-53-51-49-47-45-43-20-18-16-14-12-10-8-6-4-2/h15,17,21-22,24-25,57,59,62-63,66-67H,3-14,16,18-20,23,26-56,58,60-61H2,1-2H3,(H,65,68)/b17-15-,22-21-,25-24-,59-57+. The Bertz CT molecular complexity index is 1080. The number of hydrogen-bond donors (Lipinski definition) is 3. The van der Waals surface area contributed by atoms with E-state index in [2.05, 4.69) is 55.6 Å². The number of aliphatic hydroxyl groups excluding tert-OH is 2. The number of amides is 1. The number of aliphatic hydroxyl groups is 2. The maximum atomic E-state index is 12.5. The van der Waals surface area contributed by atoms with Gasteiger partial charge in [-0.25, -0.2) is 0 Å². The first kappa shape index (κ1) is 66.3. The fourth-order valence-corrected chi connectivity index (χ4v) is 9.60. The second kappa shape index (κ2) is 59.7. The topological polar surface area (TPSA) is 69.6 Å². The van der Waals surface area contributed by atoms with Crippen molar-refractivity contribution in [2.24, 2.45) is 0 Å². The molecule has 2 unspecified atom stereocenters. The van der Waals surface area contributed by atoms with Crippen molar-refractivity contribution in [2.75, 3.05) is 6.61 Å². The van der Waals surface area contributed by atoms with Crippen molar-refractivity contribution >= 4 is 5.91 Å². The molecule has 0 aliphatic rings. The summed E-state index contributed by atoms with van der Waals surface area (Å²) in [4.78, 5) is 12.5. The first-order valence-corrected chi connectivity index (χ1v) is 30.9. The Labute approximate surface area is 426 Å². The molecule has 0 heterocycles. The van der Waals surface area contributed by atoms with E-state index in [4.69, 9.17) is 0 Å². The van der Waals surface area contributed by atoms with Gasteiger partial charge in [0.25, 0.3) is 0 Å². The first-order chi connectivity index (χ1) is 33.7. The molecule has 0 aromatic rings. The molecule has 68 heavy (non-hydrogen) atoms. The summed E-state index contributed by atoms with van der Waals surface area (Å²) in [7, 11) is 0. The Morgan fingerprint density at radius 3 is 0.897 bits per heavy atom. The highest BCUT2D eigenvalue weighted by Gasteiger charge is 2.18. The highest BCUT2D eigenvalue weighted by molar-refractivity contribution is 5.76. The summed E-state index contributed by atoms with van der Waals surface area (Å²) in [6, 6.07) is -0.621. The third-order valence-electron chi connectivity index (χ3n) is 14.3. The van der Waals surface area contributed by atoms with Gasteiger partial charge >= 0.3 is 0 Å². The van der Waals surface area contributed by atoms with Crippen molar-refractivity contribution in [3.63, 3.8) is 0 Å². The third kappa shape index (κ3) is 55.3. The molecule has 400 valence electrons. The molecule has 2 atom stereocenters. The van der Waals surface area contributed by atoms with Crippen LogP contribution in [-0.4, -0.2) is 34.9 Å². The van der Waals surface area contributed by atoms with Crippen molar-refractivity contribution in [2.45, 2.75) is 347 Å². The van der Waals surface area contributed by atoms with Crippen LogP contribution in [0, 0.1) is 0 Å². The molecule has 0 aromatic carbocycles. The summed E-state index contributed by atoms with van der Waals surface area (Å²) >= 11 is 0. The van der Waals surface area contributed by atoms with E-state index < -0.39 is 12.1 Å². The monoisotopic (exact) mass is 952 g/mol. The van der Waals surface area contributed by atoms with Crippen LogP contribution in [0.3, 0.4) is 0 Å². The van der Waals surface area contributed by atoms with Crippen LogP contribution in [0.15, 0.2) is 48.6 Å². The largest absolute Gasteiger partial charge is 0.394 e. The quantitative estimate of drug-likeness (QED) is 0.0420. The van der Waals surface area contributed by atoms with Gasteiger partial charge in [0, 0.05) is 6.42 Å². The molecular weight excluding hydrogens is 831 g/mol. The van der Waals surface area contributed by atoms with Crippen LogP contribution in [0.1, 0.15) is 335 Å². The summed E-state index contributed by atoms with van der Waals surface area (Å²) in [5.74, 6) is -0.0582. The minimum atomic E-state index is -0.838. The zero-order chi connectivity index (χ0) is 49.2. The minimum absolute atomic E-state index is 0.0582. The molecule has 0 rings (SSSR count). The summed E-state index contributed by atoms with van der Waals surface area (Å²) in [5, 5.41) is 23.2. The van der Waals surface area contributed by atoms with E-state index in [1.165, 1.54) is 276 Å². The molecule has 1 amide bonds. The lowest BCUT2D eigenvalue weighted by Gasteiger charge is -2.20. The molecule has 4 heteroatoms. The zero-order valence-electron chi connectivity index (χ0n) is 46.1. The zero-order valence-corrected chi connectivity index (χ0v) is 46.1. The van der Waals surface area contributed by atoms with Gasteiger partial charge in [0.15, 0.2) is 0 Å². The fraction of sp³-hybridized carbons (Fsp3) is 0.859. The Morgan fingerprint density at radius 2 is 0.603 bits per heavy atom. The lowest BCUT2D eigenvalue weighted by molar-refractivity contribution is -0.123. The number of carbonyl (C=O) groups excluding carboxylic acids is 1. The van der Waals surface area contributed by atoms with Gasteiger partial charge in [-0.2, -0.15) is 0 Å². The lowest BCUT2D eigenvalue weighted by Crippen LogP contribution is -2.45. The van der Waals surface area contributed by atoms with E-state index >= 15 is 0 Å². The Balaban J connectivity index is 3.41. The van der Waals surface area contributed by atoms with E-state index in [1.807, 2.05) is 6.08 Å². The van der Waals surface area contributed by atoms with Crippen LogP contribution in [-0.2, 0) is 4.79 Å². The van der Waals surface area contributed by atoms with Gasteiger partial charge < -0.3 is 15.5 Å². The number of nitrogens with one attached hydrogen (secondary N) is 1. The normalized spacial score (nSPS) is 13.1. The first-order valence-electron chi connectivity index (χ1n) is 30.9. The Hall–Kier alpha value is -1.65. The van der Waals surface area contributed by atoms with Gasteiger partial charge in [-0.05, 0) is 57.8 Å². The molecule has 0 saturated carbocycles. The highest BCUT2D eigenvalue weighted by atomic mass is 16.3. The number of carbonyl (C=O) groups is 1. The molecule has 4 nitrogen and oxygen atoms in total. The maximum absolute atomic E-state index is 12.5. The average molecular weight is 953 g/mol. The van der Waals surface area contributed by atoms with Gasteiger partial charge in [-0.1, -0.05) is 319 Å². The van der Waals surface area contributed by atoms with E-state index in [1.54, 1.807) is 6.08 Å². The second-order valence-corrected chi connectivity index (χ2v) is 21.1. The molecular formula is C64H121NO3. The molecule has 0 radical (unpaired) electrons. The van der Waals surface area contributed by atoms with Gasteiger partial charge in [0.05, 0.1) is 18.8 Å². The summed E-state index contributed by atoms with van der Waals surface area (Å²) in [5.41, 5.74) is 0. The minimum Gasteiger partial charge on any atom is -0.394 e. The smallest absolute Gasteiger partial charge is 0.220 e. The van der Waals surface area contributed by atoms with E-state index in [-0.39, 0.29) is 12.5 Å². The number of rotatable bonds is 57. The van der Waals surface area contributed by atoms with Gasteiger partial charge in [0.2, 0.25) is 5.91 Å². The molecule has 0 aliphatic heterocycles. The van der Waals surface area contributed by atoms with E-state index in [0.29, 0.717) is 6.42 Å². The van der Waals surface area contributed by atoms with Crippen LogP contribution in [0.5, 0.6) is 0 Å². The third-order valence-corrected chi connectivity index (χ3v) is 14.3. The van der Waals surface area contributed by atoms with Crippen molar-refractivity contribution in [1.82, 2.24) is 5.32 Å². The van der Waals surface area contributed by atoms with Gasteiger partial charge in [-0.15, -0.1) is 0 Å². The summed E-state index contributed by atoms with van der Waals surface area (Å²) < 4.78 is 0. The molecule has 0 bridgehead atoms. The van der Waals surface area contributed by atoms with Crippen molar-refractivity contribution in [1.29, 1.82) is 0 Å². The predicted molar refractivity (Wildman–Crippen MR) is 304 cm³/mol. The maximum Gasteiger partial charge on any atom is 0.220 e. The molecule has 0 spiro atoms.